The molecule has 3 unspecified atom stereocenters. The van der Waals surface area contributed by atoms with Crippen LogP contribution in [0.15, 0.2) is 0 Å². The van der Waals surface area contributed by atoms with Gasteiger partial charge in [-0.05, 0) is 18.8 Å². The molecule has 1 heterocycles. The Balaban J connectivity index is 1.61. The van der Waals surface area contributed by atoms with Crippen LogP contribution >= 0.6 is 0 Å². The lowest BCUT2D eigenvalue weighted by molar-refractivity contribution is 0.0497. The van der Waals surface area contributed by atoms with Crippen molar-refractivity contribution in [2.24, 2.45) is 5.92 Å². The molecule has 1 aliphatic carbocycles. The summed E-state index contributed by atoms with van der Waals surface area (Å²) in [4.78, 5) is 0. The summed E-state index contributed by atoms with van der Waals surface area (Å²) >= 11 is 0. The third kappa shape index (κ3) is 5.00. The van der Waals surface area contributed by atoms with Gasteiger partial charge >= 0.3 is 0 Å². The van der Waals surface area contributed by atoms with E-state index in [9.17, 15) is 0 Å². The van der Waals surface area contributed by atoms with Crippen LogP contribution in [-0.4, -0.2) is 65.3 Å². The van der Waals surface area contributed by atoms with E-state index in [4.69, 9.17) is 14.2 Å². The smallest absolute Gasteiger partial charge is 0.0700 e. The Labute approximate surface area is 116 Å². The standard InChI is InChI=1S/C14H28N2O3/c1-17-9-10-18-7-5-15-13-4-2-3-12(13)14-11-19-8-6-16-14/h12-16H,2-11H2,1H3. The highest BCUT2D eigenvalue weighted by Gasteiger charge is 2.34. The second-order valence-electron chi connectivity index (χ2n) is 5.40. The summed E-state index contributed by atoms with van der Waals surface area (Å²) in [6, 6.07) is 1.15. The van der Waals surface area contributed by atoms with Gasteiger partial charge in [0.1, 0.15) is 0 Å². The molecule has 1 saturated heterocycles. The summed E-state index contributed by atoms with van der Waals surface area (Å²) in [5, 5.41) is 7.24. The summed E-state index contributed by atoms with van der Waals surface area (Å²) in [7, 11) is 1.70. The van der Waals surface area contributed by atoms with Gasteiger partial charge in [0.05, 0.1) is 33.0 Å². The van der Waals surface area contributed by atoms with Crippen LogP contribution in [0.4, 0.5) is 0 Å². The molecule has 2 aliphatic rings. The Morgan fingerprint density at radius 1 is 1.26 bits per heavy atom. The molecule has 2 N–H and O–H groups in total. The molecule has 0 aromatic carbocycles. The van der Waals surface area contributed by atoms with Gasteiger partial charge in [0, 0.05) is 32.3 Å². The Morgan fingerprint density at radius 2 is 2.21 bits per heavy atom. The lowest BCUT2D eigenvalue weighted by Crippen LogP contribution is -2.51. The zero-order valence-electron chi connectivity index (χ0n) is 12.0. The summed E-state index contributed by atoms with van der Waals surface area (Å²) in [6.45, 7) is 5.77. The van der Waals surface area contributed by atoms with Gasteiger partial charge in [-0.1, -0.05) is 6.42 Å². The number of morpholine rings is 1. The van der Waals surface area contributed by atoms with Crippen molar-refractivity contribution in [1.82, 2.24) is 10.6 Å². The Bertz CT molecular complexity index is 235. The fraction of sp³-hybridized carbons (Fsp3) is 1.00. The maximum Gasteiger partial charge on any atom is 0.0700 e. The molecule has 1 aliphatic heterocycles. The summed E-state index contributed by atoms with van der Waals surface area (Å²) < 4.78 is 16.0. The molecule has 19 heavy (non-hydrogen) atoms. The van der Waals surface area contributed by atoms with Crippen LogP contribution in [-0.2, 0) is 14.2 Å². The van der Waals surface area contributed by atoms with Crippen molar-refractivity contribution < 1.29 is 14.2 Å². The minimum Gasteiger partial charge on any atom is -0.382 e. The maximum atomic E-state index is 5.58. The first-order chi connectivity index (χ1) is 9.42. The largest absolute Gasteiger partial charge is 0.382 e. The molecular weight excluding hydrogens is 244 g/mol. The predicted molar refractivity (Wildman–Crippen MR) is 74.4 cm³/mol. The first-order valence-corrected chi connectivity index (χ1v) is 7.53. The van der Waals surface area contributed by atoms with E-state index in [0.717, 1.165) is 32.9 Å². The highest BCUT2D eigenvalue weighted by molar-refractivity contribution is 4.91. The van der Waals surface area contributed by atoms with E-state index >= 15 is 0 Å². The van der Waals surface area contributed by atoms with E-state index in [1.807, 2.05) is 0 Å². The second-order valence-corrected chi connectivity index (χ2v) is 5.40. The molecule has 2 fully saturated rings. The van der Waals surface area contributed by atoms with Crippen molar-refractivity contribution in [1.29, 1.82) is 0 Å². The minimum absolute atomic E-state index is 0.531. The van der Waals surface area contributed by atoms with Crippen molar-refractivity contribution in [3.63, 3.8) is 0 Å². The lowest BCUT2D eigenvalue weighted by atomic mass is 9.94. The zero-order valence-corrected chi connectivity index (χ0v) is 12.0. The number of nitrogens with one attached hydrogen (secondary N) is 2. The molecule has 0 radical (unpaired) electrons. The third-order valence-corrected chi connectivity index (χ3v) is 4.12. The Morgan fingerprint density at radius 3 is 3.00 bits per heavy atom. The molecule has 2 rings (SSSR count). The summed E-state index contributed by atoms with van der Waals surface area (Å²) in [6.07, 6.45) is 3.91. The zero-order chi connectivity index (χ0) is 13.3. The fourth-order valence-electron chi connectivity index (χ4n) is 3.15. The quantitative estimate of drug-likeness (QED) is 0.626. The van der Waals surface area contributed by atoms with Crippen molar-refractivity contribution >= 4 is 0 Å². The molecule has 112 valence electrons. The number of ether oxygens (including phenoxy) is 3. The molecule has 0 spiro atoms. The summed E-state index contributed by atoms with van der Waals surface area (Å²) in [5.74, 6) is 0.708. The van der Waals surface area contributed by atoms with Gasteiger partial charge in [-0.25, -0.2) is 0 Å². The van der Waals surface area contributed by atoms with E-state index < -0.39 is 0 Å². The third-order valence-electron chi connectivity index (χ3n) is 4.12. The average molecular weight is 272 g/mol. The highest BCUT2D eigenvalue weighted by Crippen LogP contribution is 2.29. The van der Waals surface area contributed by atoms with Crippen LogP contribution in [0.25, 0.3) is 0 Å². The number of methoxy groups -OCH3 is 1. The SMILES string of the molecule is COCCOCCNC1CCCC1C1COCCN1. The van der Waals surface area contributed by atoms with Gasteiger partial charge in [-0.3, -0.25) is 0 Å². The van der Waals surface area contributed by atoms with Crippen LogP contribution in [0, 0.1) is 5.92 Å². The molecule has 0 bridgehead atoms. The van der Waals surface area contributed by atoms with Crippen LogP contribution in [0.2, 0.25) is 0 Å². The van der Waals surface area contributed by atoms with E-state index in [1.165, 1.54) is 19.3 Å². The lowest BCUT2D eigenvalue weighted by Gasteiger charge is -2.33. The topological polar surface area (TPSA) is 51.8 Å². The van der Waals surface area contributed by atoms with Crippen LogP contribution in [0.1, 0.15) is 19.3 Å². The molecule has 0 aromatic rings. The van der Waals surface area contributed by atoms with Crippen LogP contribution in [0.5, 0.6) is 0 Å². The van der Waals surface area contributed by atoms with Gasteiger partial charge in [0.15, 0.2) is 0 Å². The molecular formula is C14H28N2O3. The number of hydrogen-bond acceptors (Lipinski definition) is 5. The van der Waals surface area contributed by atoms with E-state index in [1.54, 1.807) is 7.11 Å². The molecule has 3 atom stereocenters. The normalized spacial score (nSPS) is 31.7. The van der Waals surface area contributed by atoms with Gasteiger partial charge in [-0.2, -0.15) is 0 Å². The van der Waals surface area contributed by atoms with E-state index in [2.05, 4.69) is 10.6 Å². The predicted octanol–water partition coefficient (Wildman–Crippen LogP) is 0.396. The highest BCUT2D eigenvalue weighted by atomic mass is 16.5. The molecule has 0 aromatic heterocycles. The fourth-order valence-corrected chi connectivity index (χ4v) is 3.15. The average Bonchev–Trinajstić information content (AvgIpc) is 2.92. The molecule has 5 nitrogen and oxygen atoms in total. The van der Waals surface area contributed by atoms with Gasteiger partial charge < -0.3 is 24.8 Å². The van der Waals surface area contributed by atoms with Crippen molar-refractivity contribution in [3.8, 4) is 0 Å². The maximum absolute atomic E-state index is 5.58. The number of rotatable bonds is 8. The van der Waals surface area contributed by atoms with E-state index in [0.29, 0.717) is 31.2 Å². The molecule has 0 amide bonds. The molecule has 1 saturated carbocycles. The first-order valence-electron chi connectivity index (χ1n) is 7.53. The van der Waals surface area contributed by atoms with Crippen LogP contribution < -0.4 is 10.6 Å². The summed E-state index contributed by atoms with van der Waals surface area (Å²) in [5.41, 5.74) is 0. The minimum atomic E-state index is 0.531. The number of hydrogen-bond donors (Lipinski definition) is 2. The Hall–Kier alpha value is -0.200. The Kier molecular flexibility index (Phi) is 7.09. The van der Waals surface area contributed by atoms with Gasteiger partial charge in [0.2, 0.25) is 0 Å². The molecule has 5 heteroatoms. The van der Waals surface area contributed by atoms with Crippen LogP contribution in [0.3, 0.4) is 0 Å². The van der Waals surface area contributed by atoms with Gasteiger partial charge in [0.25, 0.3) is 0 Å². The van der Waals surface area contributed by atoms with E-state index in [-0.39, 0.29) is 0 Å². The van der Waals surface area contributed by atoms with Crippen molar-refractivity contribution in [3.05, 3.63) is 0 Å². The van der Waals surface area contributed by atoms with Crippen molar-refractivity contribution in [2.45, 2.75) is 31.3 Å². The first kappa shape index (κ1) is 15.2. The van der Waals surface area contributed by atoms with Crippen molar-refractivity contribution in [2.75, 3.05) is 53.2 Å². The monoisotopic (exact) mass is 272 g/mol. The van der Waals surface area contributed by atoms with Gasteiger partial charge in [-0.15, -0.1) is 0 Å². The second kappa shape index (κ2) is 8.87.